The first-order valence-electron chi connectivity index (χ1n) is 8.29. The molecule has 0 unspecified atom stereocenters. The molecule has 1 aromatic rings. The highest BCUT2D eigenvalue weighted by atomic mass is 35.5. The Labute approximate surface area is 150 Å². The molecular weight excluding hydrogens is 326 g/mol. The van der Waals surface area contributed by atoms with E-state index in [9.17, 15) is 9.59 Å². The van der Waals surface area contributed by atoms with E-state index in [1.165, 1.54) is 0 Å². The van der Waals surface area contributed by atoms with E-state index in [0.29, 0.717) is 18.2 Å². The Balaban J connectivity index is 0.00000288. The molecule has 0 bridgehead atoms. The molecule has 5 nitrogen and oxygen atoms in total. The normalized spacial score (nSPS) is 20.0. The van der Waals surface area contributed by atoms with Gasteiger partial charge in [-0.25, -0.2) is 0 Å². The van der Waals surface area contributed by atoms with Crippen molar-refractivity contribution in [2.45, 2.75) is 32.2 Å². The molecule has 2 atom stereocenters. The average Bonchev–Trinajstić information content (AvgIpc) is 2.54. The third kappa shape index (κ3) is 5.80. The topological polar surface area (TPSA) is 61.4 Å². The van der Waals surface area contributed by atoms with E-state index in [0.717, 1.165) is 31.4 Å². The molecule has 1 fully saturated rings. The lowest BCUT2D eigenvalue weighted by molar-refractivity contribution is -0.126. The van der Waals surface area contributed by atoms with Crippen LogP contribution in [0.2, 0.25) is 0 Å². The molecule has 0 radical (unpaired) electrons. The van der Waals surface area contributed by atoms with Crippen LogP contribution in [0.1, 0.15) is 35.7 Å². The average molecular weight is 354 g/mol. The van der Waals surface area contributed by atoms with Gasteiger partial charge in [-0.05, 0) is 50.4 Å². The summed E-state index contributed by atoms with van der Waals surface area (Å²) in [6.45, 7) is 3.64. The minimum atomic E-state index is -0.000390. The fourth-order valence-corrected chi connectivity index (χ4v) is 2.96. The van der Waals surface area contributed by atoms with Crippen LogP contribution in [0.15, 0.2) is 24.3 Å². The van der Waals surface area contributed by atoms with E-state index < -0.39 is 0 Å². The van der Waals surface area contributed by atoms with Gasteiger partial charge < -0.3 is 15.5 Å². The molecule has 6 heteroatoms. The van der Waals surface area contributed by atoms with E-state index in [4.69, 9.17) is 0 Å². The Hall–Kier alpha value is -1.59. The summed E-state index contributed by atoms with van der Waals surface area (Å²) >= 11 is 0. The van der Waals surface area contributed by atoms with Crippen molar-refractivity contribution in [3.05, 3.63) is 35.4 Å². The maximum atomic E-state index is 12.2. The lowest BCUT2D eigenvalue weighted by Crippen LogP contribution is -2.42. The van der Waals surface area contributed by atoms with Crippen molar-refractivity contribution in [1.82, 2.24) is 15.5 Å². The molecule has 1 saturated heterocycles. The molecule has 0 saturated carbocycles. The van der Waals surface area contributed by atoms with Gasteiger partial charge in [0.05, 0.1) is 0 Å². The summed E-state index contributed by atoms with van der Waals surface area (Å²) in [5, 5.41) is 6.39. The van der Waals surface area contributed by atoms with Gasteiger partial charge in [0.25, 0.3) is 5.91 Å². The van der Waals surface area contributed by atoms with Crippen LogP contribution < -0.4 is 10.6 Å². The van der Waals surface area contributed by atoms with Crippen molar-refractivity contribution in [2.75, 3.05) is 27.2 Å². The second kappa shape index (κ2) is 9.64. The number of carbonyl (C=O) groups is 2. The van der Waals surface area contributed by atoms with E-state index in [-0.39, 0.29) is 30.1 Å². The second-order valence-electron chi connectivity index (χ2n) is 6.52. The number of nitrogens with zero attached hydrogens (tertiary/aromatic N) is 1. The Morgan fingerprint density at radius 3 is 2.75 bits per heavy atom. The monoisotopic (exact) mass is 353 g/mol. The maximum Gasteiger partial charge on any atom is 0.253 e. The van der Waals surface area contributed by atoms with Gasteiger partial charge in [0.15, 0.2) is 0 Å². The van der Waals surface area contributed by atoms with Gasteiger partial charge in [0.1, 0.15) is 0 Å². The van der Waals surface area contributed by atoms with Crippen LogP contribution in [0, 0.1) is 5.92 Å². The Morgan fingerprint density at radius 1 is 1.33 bits per heavy atom. The van der Waals surface area contributed by atoms with Crippen LogP contribution in [-0.4, -0.2) is 49.9 Å². The lowest BCUT2D eigenvalue weighted by atomic mass is 9.92. The molecule has 1 aliphatic rings. The van der Waals surface area contributed by atoms with Crippen LogP contribution in [0.3, 0.4) is 0 Å². The zero-order chi connectivity index (χ0) is 16.8. The van der Waals surface area contributed by atoms with E-state index in [1.807, 2.05) is 24.3 Å². The Bertz CT molecular complexity index is 563. The summed E-state index contributed by atoms with van der Waals surface area (Å²) < 4.78 is 0. The Kier molecular flexibility index (Phi) is 8.22. The number of amides is 2. The molecule has 1 heterocycles. The number of halogens is 1. The molecule has 1 aliphatic heterocycles. The minimum Gasteiger partial charge on any atom is -0.356 e. The van der Waals surface area contributed by atoms with Gasteiger partial charge in [-0.2, -0.15) is 0 Å². The summed E-state index contributed by atoms with van der Waals surface area (Å²) in [6.07, 6.45) is 2.54. The van der Waals surface area contributed by atoms with Gasteiger partial charge in [0.2, 0.25) is 5.91 Å². The predicted octanol–water partition coefficient (Wildman–Crippen LogP) is 1.86. The highest BCUT2D eigenvalue weighted by molar-refractivity contribution is 5.94. The zero-order valence-corrected chi connectivity index (χ0v) is 15.5. The predicted molar refractivity (Wildman–Crippen MR) is 98.6 cm³/mol. The first kappa shape index (κ1) is 20.5. The fraction of sp³-hybridized carbons (Fsp3) is 0.556. The van der Waals surface area contributed by atoms with Crippen LogP contribution in [0.5, 0.6) is 0 Å². The first-order chi connectivity index (χ1) is 11.0. The SMILES string of the molecule is C[C@H]1C[C@@H](C(=O)NCCc2cccc(C(=O)N(C)C)c2)CCN1.Cl. The number of benzene rings is 1. The van der Waals surface area contributed by atoms with Gasteiger partial charge in [-0.1, -0.05) is 12.1 Å². The summed E-state index contributed by atoms with van der Waals surface area (Å²) in [5.74, 6) is 0.270. The van der Waals surface area contributed by atoms with Crippen LogP contribution in [0.4, 0.5) is 0 Å². The molecule has 0 spiro atoms. The molecule has 1 aromatic carbocycles. The van der Waals surface area contributed by atoms with E-state index in [1.54, 1.807) is 19.0 Å². The van der Waals surface area contributed by atoms with Crippen molar-refractivity contribution >= 4 is 24.2 Å². The van der Waals surface area contributed by atoms with Crippen molar-refractivity contribution < 1.29 is 9.59 Å². The van der Waals surface area contributed by atoms with Gasteiger partial charge in [0, 0.05) is 38.2 Å². The first-order valence-corrected chi connectivity index (χ1v) is 8.29. The molecule has 0 aliphatic carbocycles. The number of rotatable bonds is 5. The molecule has 2 N–H and O–H groups in total. The third-order valence-corrected chi connectivity index (χ3v) is 4.29. The van der Waals surface area contributed by atoms with E-state index >= 15 is 0 Å². The highest BCUT2D eigenvalue weighted by Crippen LogP contribution is 2.16. The summed E-state index contributed by atoms with van der Waals surface area (Å²) in [7, 11) is 3.49. The van der Waals surface area contributed by atoms with Crippen LogP contribution in [-0.2, 0) is 11.2 Å². The third-order valence-electron chi connectivity index (χ3n) is 4.29. The Morgan fingerprint density at radius 2 is 2.08 bits per heavy atom. The second-order valence-corrected chi connectivity index (χ2v) is 6.52. The van der Waals surface area contributed by atoms with Crippen molar-refractivity contribution in [3.63, 3.8) is 0 Å². The van der Waals surface area contributed by atoms with Gasteiger partial charge in [-0.15, -0.1) is 12.4 Å². The summed E-state index contributed by atoms with van der Waals surface area (Å²) in [6, 6.07) is 8.02. The highest BCUT2D eigenvalue weighted by Gasteiger charge is 2.24. The fourth-order valence-electron chi connectivity index (χ4n) is 2.96. The van der Waals surface area contributed by atoms with Gasteiger partial charge in [-0.3, -0.25) is 9.59 Å². The molecular formula is C18H28ClN3O2. The van der Waals surface area contributed by atoms with E-state index in [2.05, 4.69) is 17.6 Å². The smallest absolute Gasteiger partial charge is 0.253 e. The maximum absolute atomic E-state index is 12.2. The van der Waals surface area contributed by atoms with Crippen molar-refractivity contribution in [1.29, 1.82) is 0 Å². The molecule has 2 rings (SSSR count). The molecule has 24 heavy (non-hydrogen) atoms. The standard InChI is InChI=1S/C18H27N3O2.ClH/c1-13-11-15(8-10-19-13)17(22)20-9-7-14-5-4-6-16(12-14)18(23)21(2)3;/h4-6,12-13,15,19H,7-11H2,1-3H3,(H,20,22);1H/t13-,15-;/m0./s1. The van der Waals surface area contributed by atoms with Crippen LogP contribution in [0.25, 0.3) is 0 Å². The molecule has 0 aromatic heterocycles. The largest absolute Gasteiger partial charge is 0.356 e. The number of carbonyl (C=O) groups excluding carboxylic acids is 2. The molecule has 134 valence electrons. The molecule has 2 amide bonds. The summed E-state index contributed by atoms with van der Waals surface area (Å²) in [5.41, 5.74) is 1.75. The quantitative estimate of drug-likeness (QED) is 0.849. The van der Waals surface area contributed by atoms with Gasteiger partial charge >= 0.3 is 0 Å². The minimum absolute atomic E-state index is 0. The number of nitrogens with one attached hydrogen (secondary N) is 2. The number of hydrogen-bond acceptors (Lipinski definition) is 3. The van der Waals surface area contributed by atoms with Crippen molar-refractivity contribution in [3.8, 4) is 0 Å². The van der Waals surface area contributed by atoms with Crippen LogP contribution >= 0.6 is 12.4 Å². The zero-order valence-electron chi connectivity index (χ0n) is 14.7. The number of hydrogen-bond donors (Lipinski definition) is 2. The summed E-state index contributed by atoms with van der Waals surface area (Å²) in [4.78, 5) is 25.7. The lowest BCUT2D eigenvalue weighted by Gasteiger charge is -2.27. The number of piperidine rings is 1. The van der Waals surface area contributed by atoms with Crippen molar-refractivity contribution in [2.24, 2.45) is 5.92 Å².